The second-order valence-electron chi connectivity index (χ2n) is 13.9. The number of ether oxygens (including phenoxy) is 2. The number of aliphatic hydroxyl groups excluding tert-OH is 1. The highest BCUT2D eigenvalue weighted by Gasteiger charge is 2.81. The average Bonchev–Trinajstić information content (AvgIpc) is 3.35. The molecule has 3 N–H and O–H groups in total. The van der Waals surface area contributed by atoms with E-state index >= 15 is 0 Å². The van der Waals surface area contributed by atoms with Gasteiger partial charge in [-0.25, -0.2) is 4.79 Å². The van der Waals surface area contributed by atoms with Crippen molar-refractivity contribution in [2.75, 3.05) is 0 Å². The van der Waals surface area contributed by atoms with E-state index in [4.69, 9.17) is 9.47 Å². The first-order chi connectivity index (χ1) is 16.3. The zero-order chi connectivity index (χ0) is 25.0. The van der Waals surface area contributed by atoms with Crippen molar-refractivity contribution in [1.82, 2.24) is 0 Å². The third kappa shape index (κ3) is 2.23. The smallest absolute Gasteiger partial charge is 0.338 e. The summed E-state index contributed by atoms with van der Waals surface area (Å²) in [5.41, 5.74) is -5.08. The molecule has 0 amide bonds. The summed E-state index contributed by atoms with van der Waals surface area (Å²) < 4.78 is 12.0. The van der Waals surface area contributed by atoms with Gasteiger partial charge in [-0.1, -0.05) is 13.8 Å². The van der Waals surface area contributed by atoms with Crippen molar-refractivity contribution in [3.8, 4) is 0 Å². The summed E-state index contributed by atoms with van der Waals surface area (Å²) in [6.07, 6.45) is 6.90. The van der Waals surface area contributed by atoms with Crippen molar-refractivity contribution in [2.24, 2.45) is 39.9 Å². The van der Waals surface area contributed by atoms with Gasteiger partial charge in [0.05, 0.1) is 17.1 Å². The van der Waals surface area contributed by atoms with Crippen LogP contribution < -0.4 is 0 Å². The van der Waals surface area contributed by atoms with Crippen molar-refractivity contribution < 1.29 is 34.4 Å². The molecule has 0 aromatic carbocycles. The van der Waals surface area contributed by atoms with E-state index in [1.807, 2.05) is 13.8 Å². The minimum atomic E-state index is -1.55. The van der Waals surface area contributed by atoms with Crippen LogP contribution in [-0.2, 0) is 19.1 Å². The van der Waals surface area contributed by atoms with Gasteiger partial charge in [-0.05, 0) is 94.1 Å². The topological polar surface area (TPSA) is 117 Å². The molecule has 35 heavy (non-hydrogen) atoms. The van der Waals surface area contributed by atoms with Gasteiger partial charge in [-0.15, -0.1) is 0 Å². The molecular weight excluding hydrogens is 448 g/mol. The first-order valence-electron chi connectivity index (χ1n) is 13.5. The average molecular weight is 487 g/mol. The maximum absolute atomic E-state index is 13.3. The second-order valence-corrected chi connectivity index (χ2v) is 13.9. The van der Waals surface area contributed by atoms with Crippen LogP contribution in [0.1, 0.15) is 72.6 Å². The lowest BCUT2D eigenvalue weighted by molar-refractivity contribution is -0.201. The summed E-state index contributed by atoms with van der Waals surface area (Å²) in [6.45, 7) is 7.72. The lowest BCUT2D eigenvalue weighted by Crippen LogP contribution is -2.65. The molecule has 7 heteroatoms. The molecule has 1 spiro atoms. The molecule has 7 rings (SSSR count). The molecule has 2 bridgehead atoms. The Balaban J connectivity index is 1.24. The number of carbonyl (C=O) groups excluding carboxylic acids is 2. The molecule has 6 fully saturated rings. The Bertz CT molecular complexity index is 1070. The number of epoxide rings is 1. The molecular formula is C28H38O7. The SMILES string of the molecule is C[C@]12CC([C@]3(O)CC[C@H]4[C@@H]5C[C@H]6O[C@]67[C@@H](O)C=CC(=O)[C@]7(C)[C@H]5CC[C@@]43C)[C@H](C1)OC(=O)[C@]2(C)O. The minimum absolute atomic E-state index is 0.0588. The van der Waals surface area contributed by atoms with Crippen LogP contribution in [0.25, 0.3) is 0 Å². The van der Waals surface area contributed by atoms with E-state index in [-0.39, 0.29) is 47.1 Å². The van der Waals surface area contributed by atoms with Crippen LogP contribution in [0.3, 0.4) is 0 Å². The van der Waals surface area contributed by atoms with Gasteiger partial charge in [-0.2, -0.15) is 0 Å². The number of aliphatic hydroxyl groups is 3. The zero-order valence-electron chi connectivity index (χ0n) is 21.1. The Morgan fingerprint density at radius 3 is 2.43 bits per heavy atom. The molecule has 7 nitrogen and oxygen atoms in total. The van der Waals surface area contributed by atoms with Gasteiger partial charge < -0.3 is 24.8 Å². The van der Waals surface area contributed by atoms with Gasteiger partial charge in [0.25, 0.3) is 0 Å². The molecule has 2 saturated heterocycles. The maximum Gasteiger partial charge on any atom is 0.338 e. The van der Waals surface area contributed by atoms with E-state index in [1.165, 1.54) is 0 Å². The molecule has 0 radical (unpaired) electrons. The van der Waals surface area contributed by atoms with Crippen LogP contribution in [0.15, 0.2) is 12.2 Å². The Morgan fingerprint density at radius 1 is 0.971 bits per heavy atom. The van der Waals surface area contributed by atoms with E-state index in [0.717, 1.165) is 25.7 Å². The second kappa shape index (κ2) is 6.23. The van der Waals surface area contributed by atoms with Gasteiger partial charge in [-0.3, -0.25) is 4.79 Å². The van der Waals surface area contributed by atoms with Crippen LogP contribution in [0, 0.1) is 39.9 Å². The van der Waals surface area contributed by atoms with Crippen LogP contribution >= 0.6 is 0 Å². The first-order valence-corrected chi connectivity index (χ1v) is 13.5. The quantitative estimate of drug-likeness (QED) is 0.385. The number of carbonyl (C=O) groups is 2. The van der Waals surface area contributed by atoms with Crippen LogP contribution in [0.2, 0.25) is 0 Å². The van der Waals surface area contributed by atoms with Gasteiger partial charge in [0.15, 0.2) is 11.4 Å². The normalized spacial score (nSPS) is 64.1. The lowest BCUT2D eigenvalue weighted by atomic mass is 9.44. The highest BCUT2D eigenvalue weighted by molar-refractivity contribution is 5.98. The summed E-state index contributed by atoms with van der Waals surface area (Å²) in [4.78, 5) is 26.0. The van der Waals surface area contributed by atoms with Gasteiger partial charge >= 0.3 is 5.97 Å². The summed E-state index contributed by atoms with van der Waals surface area (Å²) in [7, 11) is 0. The molecule has 7 aliphatic rings. The predicted molar refractivity (Wildman–Crippen MR) is 124 cm³/mol. The van der Waals surface area contributed by atoms with Crippen LogP contribution in [-0.4, -0.2) is 62.2 Å². The van der Waals surface area contributed by atoms with Crippen LogP contribution in [0.5, 0.6) is 0 Å². The third-order valence-corrected chi connectivity index (χ3v) is 13.0. The van der Waals surface area contributed by atoms with Crippen molar-refractivity contribution in [3.05, 3.63) is 12.2 Å². The minimum Gasteiger partial charge on any atom is -0.460 e. The molecule has 1 unspecified atom stereocenters. The number of allylic oxidation sites excluding steroid dienone is 1. The molecule has 192 valence electrons. The molecule has 2 heterocycles. The highest BCUT2D eigenvalue weighted by Crippen LogP contribution is 2.74. The number of esters is 1. The van der Waals surface area contributed by atoms with Crippen LogP contribution in [0.4, 0.5) is 0 Å². The number of fused-ring (bicyclic) bond motifs is 6. The lowest BCUT2D eigenvalue weighted by Gasteiger charge is -2.59. The molecule has 2 aliphatic heterocycles. The van der Waals surface area contributed by atoms with E-state index in [1.54, 1.807) is 19.1 Å². The maximum atomic E-state index is 13.3. The van der Waals surface area contributed by atoms with E-state index < -0.39 is 39.7 Å². The summed E-state index contributed by atoms with van der Waals surface area (Å²) in [5, 5.41) is 34.3. The fourth-order valence-corrected chi connectivity index (χ4v) is 10.6. The monoisotopic (exact) mass is 486 g/mol. The summed E-state index contributed by atoms with van der Waals surface area (Å²) in [6, 6.07) is 0. The predicted octanol–water partition coefficient (Wildman–Crippen LogP) is 2.30. The summed E-state index contributed by atoms with van der Waals surface area (Å²) in [5.74, 6) is -0.163. The summed E-state index contributed by atoms with van der Waals surface area (Å²) >= 11 is 0. The van der Waals surface area contributed by atoms with Gasteiger partial charge in [0.2, 0.25) is 0 Å². The fourth-order valence-electron chi connectivity index (χ4n) is 10.6. The Hall–Kier alpha value is -1.28. The van der Waals surface area contributed by atoms with Crippen molar-refractivity contribution in [2.45, 2.75) is 108 Å². The fraction of sp³-hybridized carbons (Fsp3) is 0.857. The van der Waals surface area contributed by atoms with Crippen molar-refractivity contribution >= 4 is 11.8 Å². The number of ketones is 1. The third-order valence-electron chi connectivity index (χ3n) is 13.0. The molecule has 4 saturated carbocycles. The van der Waals surface area contributed by atoms with E-state index in [0.29, 0.717) is 19.3 Å². The van der Waals surface area contributed by atoms with Gasteiger partial charge in [0, 0.05) is 11.3 Å². The zero-order valence-corrected chi connectivity index (χ0v) is 21.1. The molecule has 0 aromatic heterocycles. The Labute approximate surface area is 206 Å². The molecule has 13 atom stereocenters. The standard InChI is InChI=1S/C28H38O7/c1-23-12-17(18(13-23)34-22(31)26(23,4)32)27(33)10-8-15-14-11-21-28(35-21)20(30)6-5-19(29)25(28,3)16(14)7-9-24(15,27)2/h5-6,14-18,20-21,30,32-33H,7-13H2,1-4H3/t14-,15-,16-,17?,18-,20-,21+,23-,24-,25-,26-,27+,28+/m0/s1. The number of hydrogen-bond donors (Lipinski definition) is 3. The van der Waals surface area contributed by atoms with Crippen molar-refractivity contribution in [3.63, 3.8) is 0 Å². The first kappa shape index (κ1) is 22.9. The Morgan fingerprint density at radius 2 is 1.69 bits per heavy atom. The highest BCUT2D eigenvalue weighted by atomic mass is 16.6. The van der Waals surface area contributed by atoms with E-state index in [9.17, 15) is 24.9 Å². The molecule has 0 aromatic rings. The Kier molecular flexibility index (Phi) is 4.07. The molecule has 5 aliphatic carbocycles. The number of hydrogen-bond acceptors (Lipinski definition) is 7. The number of rotatable bonds is 1. The largest absolute Gasteiger partial charge is 0.460 e. The van der Waals surface area contributed by atoms with E-state index in [2.05, 4.69) is 6.92 Å². The van der Waals surface area contributed by atoms with Crippen molar-refractivity contribution in [1.29, 1.82) is 0 Å². The van der Waals surface area contributed by atoms with Gasteiger partial charge in [0.1, 0.15) is 17.8 Å².